The van der Waals surface area contributed by atoms with E-state index in [0.717, 1.165) is 25.0 Å². The lowest BCUT2D eigenvalue weighted by Gasteiger charge is -2.19. The Kier molecular flexibility index (Phi) is 14.9. The molecule has 6 heteroatoms. The predicted octanol–water partition coefficient (Wildman–Crippen LogP) is 3.03. The zero-order valence-corrected chi connectivity index (χ0v) is 16.1. The summed E-state index contributed by atoms with van der Waals surface area (Å²) in [6.07, 6.45) is 13.7. The molecule has 0 aromatic carbocycles. The van der Waals surface area contributed by atoms with E-state index in [1.54, 1.807) is 0 Å². The van der Waals surface area contributed by atoms with Crippen LogP contribution < -0.4 is 16.8 Å². The van der Waals surface area contributed by atoms with Gasteiger partial charge in [-0.2, -0.15) is 0 Å². The fourth-order valence-corrected chi connectivity index (χ4v) is 3.00. The van der Waals surface area contributed by atoms with E-state index in [1.165, 1.54) is 57.4 Å². The third kappa shape index (κ3) is 14.5. The number of aliphatic carboxylic acids is 1. The monoisotopic (exact) mass is 354 g/mol. The molecule has 0 amide bonds. The minimum absolute atomic E-state index is 0.0115. The summed E-state index contributed by atoms with van der Waals surface area (Å²) in [7, 11) is 1.88. The Morgan fingerprint density at radius 1 is 1.08 bits per heavy atom. The number of rotatable bonds is 16. The van der Waals surface area contributed by atoms with Crippen LogP contribution in [0.25, 0.3) is 0 Å². The van der Waals surface area contributed by atoms with Crippen molar-refractivity contribution in [2.24, 2.45) is 22.4 Å². The normalized spacial score (nSPS) is 12.8. The Balaban J connectivity index is 4.27. The van der Waals surface area contributed by atoms with Gasteiger partial charge in [0.05, 0.1) is 6.54 Å². The summed E-state index contributed by atoms with van der Waals surface area (Å²) in [4.78, 5) is 15.1. The van der Waals surface area contributed by atoms with Gasteiger partial charge in [-0.3, -0.25) is 0 Å². The number of carboxylic acids is 1. The van der Waals surface area contributed by atoms with E-state index in [4.69, 9.17) is 16.6 Å². The molecule has 1 unspecified atom stereocenters. The largest absolute Gasteiger partial charge is 0.478 e. The number of hydrogen-bond acceptors (Lipinski definition) is 3. The minimum Gasteiger partial charge on any atom is -0.478 e. The number of unbranched alkanes of at least 4 members (excludes halogenated alkanes) is 8. The van der Waals surface area contributed by atoms with Gasteiger partial charge in [-0.05, 0) is 25.0 Å². The van der Waals surface area contributed by atoms with Crippen molar-refractivity contribution in [3.05, 3.63) is 11.6 Å². The molecular formula is C19H38N4O2. The molecule has 1 atom stereocenters. The van der Waals surface area contributed by atoms with Crippen molar-refractivity contribution in [2.75, 3.05) is 20.1 Å². The van der Waals surface area contributed by atoms with E-state index in [9.17, 15) is 4.79 Å². The molecule has 146 valence electrons. The third-order valence-corrected chi connectivity index (χ3v) is 4.38. The highest BCUT2D eigenvalue weighted by molar-refractivity contribution is 5.81. The van der Waals surface area contributed by atoms with Crippen molar-refractivity contribution in [2.45, 2.75) is 71.1 Å². The first-order chi connectivity index (χ1) is 12.0. The first-order valence-electron chi connectivity index (χ1n) is 9.64. The van der Waals surface area contributed by atoms with Crippen LogP contribution in [0.1, 0.15) is 71.1 Å². The Hall–Kier alpha value is -1.56. The van der Waals surface area contributed by atoms with Crippen LogP contribution in [0.15, 0.2) is 16.6 Å². The van der Waals surface area contributed by atoms with Crippen molar-refractivity contribution < 1.29 is 9.90 Å². The summed E-state index contributed by atoms with van der Waals surface area (Å²) >= 11 is 0. The number of carbonyl (C=O) groups is 1. The van der Waals surface area contributed by atoms with Crippen LogP contribution in [0.2, 0.25) is 0 Å². The number of nitrogens with one attached hydrogen (secondary N) is 1. The van der Waals surface area contributed by atoms with Crippen molar-refractivity contribution in [3.8, 4) is 0 Å². The maximum atomic E-state index is 11.1. The maximum absolute atomic E-state index is 11.1. The highest BCUT2D eigenvalue weighted by Gasteiger charge is 2.15. The van der Waals surface area contributed by atoms with Gasteiger partial charge in [0.25, 0.3) is 0 Å². The lowest BCUT2D eigenvalue weighted by atomic mass is 9.92. The molecule has 0 aliphatic carbocycles. The highest BCUT2D eigenvalue weighted by atomic mass is 16.4. The zero-order chi connectivity index (χ0) is 18.9. The minimum atomic E-state index is -0.950. The zero-order valence-electron chi connectivity index (χ0n) is 16.1. The molecule has 0 aromatic heterocycles. The lowest BCUT2D eigenvalue weighted by molar-refractivity contribution is -0.131. The smallest absolute Gasteiger partial charge is 0.328 e. The topological polar surface area (TPSA) is 114 Å². The number of carboxylic acid groups (broad SMARTS) is 1. The number of hydrogen-bond donors (Lipinski definition) is 4. The van der Waals surface area contributed by atoms with Gasteiger partial charge in [-0.25, -0.2) is 9.79 Å². The van der Waals surface area contributed by atoms with Crippen molar-refractivity contribution in [3.63, 3.8) is 0 Å². The number of nitrogens with zero attached hydrogens (tertiary/aromatic N) is 1. The van der Waals surface area contributed by atoms with E-state index in [-0.39, 0.29) is 18.4 Å². The molecule has 0 aromatic rings. The second-order valence-electron chi connectivity index (χ2n) is 6.67. The average molecular weight is 355 g/mol. The molecule has 6 nitrogen and oxygen atoms in total. The second kappa shape index (κ2) is 15.9. The Labute approximate surface area is 153 Å². The second-order valence-corrected chi connectivity index (χ2v) is 6.67. The van der Waals surface area contributed by atoms with Crippen molar-refractivity contribution in [1.82, 2.24) is 5.32 Å². The molecule has 0 saturated carbocycles. The lowest BCUT2D eigenvalue weighted by Crippen LogP contribution is -2.26. The third-order valence-electron chi connectivity index (χ3n) is 4.38. The summed E-state index contributed by atoms with van der Waals surface area (Å²) in [5.74, 6) is -0.815. The molecule has 0 heterocycles. The predicted molar refractivity (Wildman–Crippen MR) is 106 cm³/mol. The SMILES string of the molecule is CCCCCCCCCCCC(CNC)C(=CC(=O)O)CN=C(N)N. The van der Waals surface area contributed by atoms with Gasteiger partial charge in [0.15, 0.2) is 5.96 Å². The van der Waals surface area contributed by atoms with Crippen LogP contribution in [-0.2, 0) is 4.79 Å². The summed E-state index contributed by atoms with van der Waals surface area (Å²) in [5, 5.41) is 12.2. The standard InChI is InChI=1S/C19H38N4O2/c1-3-4-5-6-7-8-9-10-11-12-16(14-22-2)17(13-18(24)25)15-23-19(20)21/h13,16,22H,3-12,14-15H2,1-2H3,(H,24,25)(H4,20,21,23). The van der Waals surface area contributed by atoms with Gasteiger partial charge in [-0.15, -0.1) is 0 Å². The van der Waals surface area contributed by atoms with Gasteiger partial charge in [0, 0.05) is 12.6 Å². The summed E-state index contributed by atoms with van der Waals surface area (Å²) in [5.41, 5.74) is 11.5. The Morgan fingerprint density at radius 3 is 2.12 bits per heavy atom. The first-order valence-corrected chi connectivity index (χ1v) is 9.64. The Morgan fingerprint density at radius 2 is 1.64 bits per heavy atom. The van der Waals surface area contributed by atoms with Crippen LogP contribution in [0.3, 0.4) is 0 Å². The van der Waals surface area contributed by atoms with E-state index >= 15 is 0 Å². The van der Waals surface area contributed by atoms with Crippen LogP contribution in [0, 0.1) is 5.92 Å². The summed E-state index contributed by atoms with van der Waals surface area (Å²) < 4.78 is 0. The molecule has 0 rings (SSSR count). The molecule has 25 heavy (non-hydrogen) atoms. The van der Waals surface area contributed by atoms with Crippen molar-refractivity contribution >= 4 is 11.9 Å². The molecule has 0 spiro atoms. The number of aliphatic imine (C=N–C) groups is 1. The van der Waals surface area contributed by atoms with Crippen LogP contribution in [0.4, 0.5) is 0 Å². The van der Waals surface area contributed by atoms with E-state index < -0.39 is 5.97 Å². The van der Waals surface area contributed by atoms with Crippen LogP contribution in [-0.4, -0.2) is 37.2 Å². The molecule has 0 aliphatic rings. The van der Waals surface area contributed by atoms with E-state index in [2.05, 4.69) is 17.2 Å². The quantitative estimate of drug-likeness (QED) is 0.147. The van der Waals surface area contributed by atoms with Gasteiger partial charge in [-0.1, -0.05) is 64.7 Å². The fourth-order valence-electron chi connectivity index (χ4n) is 3.00. The van der Waals surface area contributed by atoms with E-state index in [0.29, 0.717) is 0 Å². The summed E-state index contributed by atoms with van der Waals surface area (Å²) in [6.45, 7) is 3.22. The average Bonchev–Trinajstić information content (AvgIpc) is 2.55. The molecule has 0 bridgehead atoms. The molecule has 0 radical (unpaired) electrons. The summed E-state index contributed by atoms with van der Waals surface area (Å²) in [6, 6.07) is 0. The van der Waals surface area contributed by atoms with Crippen LogP contribution in [0.5, 0.6) is 0 Å². The number of guanidine groups is 1. The molecular weight excluding hydrogens is 316 g/mol. The maximum Gasteiger partial charge on any atom is 0.328 e. The van der Waals surface area contributed by atoms with Crippen molar-refractivity contribution in [1.29, 1.82) is 0 Å². The number of nitrogens with two attached hydrogens (primary N) is 2. The van der Waals surface area contributed by atoms with Gasteiger partial charge in [0.1, 0.15) is 0 Å². The Bertz CT molecular complexity index is 404. The van der Waals surface area contributed by atoms with E-state index in [1.807, 2.05) is 7.05 Å². The molecule has 6 N–H and O–H groups in total. The fraction of sp³-hybridized carbons (Fsp3) is 0.789. The van der Waals surface area contributed by atoms with Gasteiger partial charge < -0.3 is 21.9 Å². The molecule has 0 aliphatic heterocycles. The van der Waals surface area contributed by atoms with Gasteiger partial charge in [0.2, 0.25) is 0 Å². The van der Waals surface area contributed by atoms with Crippen LogP contribution >= 0.6 is 0 Å². The van der Waals surface area contributed by atoms with Gasteiger partial charge >= 0.3 is 5.97 Å². The highest BCUT2D eigenvalue weighted by Crippen LogP contribution is 2.20. The molecule has 0 fully saturated rings. The molecule has 0 saturated heterocycles. The first kappa shape index (κ1) is 23.4.